The van der Waals surface area contributed by atoms with E-state index in [4.69, 9.17) is 0 Å². The van der Waals surface area contributed by atoms with Crippen molar-refractivity contribution in [2.75, 3.05) is 0 Å². The number of fused-ring (bicyclic) bond motifs is 2. The van der Waals surface area contributed by atoms with Crippen molar-refractivity contribution in [2.45, 2.75) is 13.8 Å². The van der Waals surface area contributed by atoms with Gasteiger partial charge in [0.15, 0.2) is 0 Å². The first-order valence-electron chi connectivity index (χ1n) is 7.16. The van der Waals surface area contributed by atoms with E-state index in [1.165, 1.54) is 38.5 Å². The molecule has 2 aromatic carbocycles. The van der Waals surface area contributed by atoms with E-state index in [0.29, 0.717) is 0 Å². The Morgan fingerprint density at radius 3 is 2.67 bits per heavy atom. The maximum absolute atomic E-state index is 4.56. The van der Waals surface area contributed by atoms with Crippen LogP contribution in [-0.4, -0.2) is 9.97 Å². The van der Waals surface area contributed by atoms with Crippen LogP contribution in [0.2, 0.25) is 0 Å². The summed E-state index contributed by atoms with van der Waals surface area (Å²) < 4.78 is 0. The Bertz CT molecular complexity index is 964. The summed E-state index contributed by atoms with van der Waals surface area (Å²) in [5, 5.41) is 2.48. The van der Waals surface area contributed by atoms with Crippen LogP contribution in [0.1, 0.15) is 11.1 Å². The van der Waals surface area contributed by atoms with Crippen LogP contribution in [0.25, 0.3) is 32.9 Å². The first kappa shape index (κ1) is 12.2. The summed E-state index contributed by atoms with van der Waals surface area (Å²) in [6.45, 7) is 4.26. The van der Waals surface area contributed by atoms with Crippen molar-refractivity contribution in [1.82, 2.24) is 9.97 Å². The number of pyridine rings is 1. The molecule has 0 saturated heterocycles. The molecule has 4 aromatic rings. The SMILES string of the molecule is Cc1cc(C)c2nccc(-c3c[nH]c4ccccc34)c2c1. The predicted molar refractivity (Wildman–Crippen MR) is 88.5 cm³/mol. The van der Waals surface area contributed by atoms with E-state index in [-0.39, 0.29) is 0 Å². The lowest BCUT2D eigenvalue weighted by molar-refractivity contribution is 1.34. The third-order valence-corrected chi connectivity index (χ3v) is 4.06. The normalized spacial score (nSPS) is 11.3. The minimum absolute atomic E-state index is 1.09. The second-order valence-electron chi connectivity index (χ2n) is 5.58. The van der Waals surface area contributed by atoms with Crippen molar-refractivity contribution in [3.8, 4) is 11.1 Å². The molecule has 2 heterocycles. The number of aryl methyl sites for hydroxylation is 2. The van der Waals surface area contributed by atoms with Gasteiger partial charge in [-0.1, -0.05) is 29.8 Å². The van der Waals surface area contributed by atoms with Crippen molar-refractivity contribution in [3.63, 3.8) is 0 Å². The number of aromatic nitrogens is 2. The fourth-order valence-corrected chi connectivity index (χ4v) is 3.14. The van der Waals surface area contributed by atoms with Gasteiger partial charge in [0.05, 0.1) is 5.52 Å². The van der Waals surface area contributed by atoms with E-state index in [1.807, 2.05) is 6.20 Å². The van der Waals surface area contributed by atoms with E-state index in [9.17, 15) is 0 Å². The Kier molecular flexibility index (Phi) is 2.58. The van der Waals surface area contributed by atoms with Gasteiger partial charge in [0.25, 0.3) is 0 Å². The molecule has 0 atom stereocenters. The molecule has 0 radical (unpaired) electrons. The van der Waals surface area contributed by atoms with Gasteiger partial charge in [-0.2, -0.15) is 0 Å². The van der Waals surface area contributed by atoms with E-state index in [0.717, 1.165) is 5.52 Å². The van der Waals surface area contributed by atoms with E-state index in [2.05, 4.69) is 72.5 Å². The van der Waals surface area contributed by atoms with Crippen molar-refractivity contribution in [1.29, 1.82) is 0 Å². The number of hydrogen-bond donors (Lipinski definition) is 1. The monoisotopic (exact) mass is 272 g/mol. The van der Waals surface area contributed by atoms with Crippen LogP contribution in [0.3, 0.4) is 0 Å². The first-order chi connectivity index (χ1) is 10.2. The number of para-hydroxylation sites is 1. The van der Waals surface area contributed by atoms with Crippen molar-refractivity contribution in [3.05, 3.63) is 66.0 Å². The van der Waals surface area contributed by atoms with Gasteiger partial charge < -0.3 is 4.98 Å². The van der Waals surface area contributed by atoms with Crippen LogP contribution in [0, 0.1) is 13.8 Å². The lowest BCUT2D eigenvalue weighted by Crippen LogP contribution is -1.88. The van der Waals surface area contributed by atoms with Gasteiger partial charge in [-0.3, -0.25) is 4.98 Å². The van der Waals surface area contributed by atoms with Gasteiger partial charge in [-0.05, 0) is 43.2 Å². The molecule has 2 heteroatoms. The Labute approximate surface area is 123 Å². The summed E-state index contributed by atoms with van der Waals surface area (Å²) >= 11 is 0. The molecule has 102 valence electrons. The smallest absolute Gasteiger partial charge is 0.0737 e. The first-order valence-corrected chi connectivity index (χ1v) is 7.16. The Morgan fingerprint density at radius 1 is 0.905 bits per heavy atom. The predicted octanol–water partition coefficient (Wildman–Crippen LogP) is 5.00. The van der Waals surface area contributed by atoms with Crippen LogP contribution >= 0.6 is 0 Å². The highest BCUT2D eigenvalue weighted by Crippen LogP contribution is 2.34. The third kappa shape index (κ3) is 1.83. The molecular formula is C19H16N2. The van der Waals surface area contributed by atoms with Crippen LogP contribution in [0.15, 0.2) is 54.9 Å². The van der Waals surface area contributed by atoms with Crippen LogP contribution in [0.5, 0.6) is 0 Å². The second kappa shape index (κ2) is 4.45. The standard InChI is InChI=1S/C19H16N2/c1-12-9-13(2)19-16(10-12)14(7-8-20-19)17-11-21-18-6-4-3-5-15(17)18/h3-11,21H,1-2H3. The highest BCUT2D eigenvalue weighted by atomic mass is 14.7. The second-order valence-corrected chi connectivity index (χ2v) is 5.58. The number of benzene rings is 2. The Balaban J connectivity index is 2.11. The quantitative estimate of drug-likeness (QED) is 0.519. The van der Waals surface area contributed by atoms with Crippen LogP contribution in [0.4, 0.5) is 0 Å². The summed E-state index contributed by atoms with van der Waals surface area (Å²) in [4.78, 5) is 7.92. The van der Waals surface area contributed by atoms with Crippen molar-refractivity contribution in [2.24, 2.45) is 0 Å². The average molecular weight is 272 g/mol. The van der Waals surface area contributed by atoms with Crippen molar-refractivity contribution >= 4 is 21.8 Å². The molecule has 2 aromatic heterocycles. The summed E-state index contributed by atoms with van der Waals surface area (Å²) in [6.07, 6.45) is 4.00. The molecule has 4 rings (SSSR count). The van der Waals surface area contributed by atoms with E-state index < -0.39 is 0 Å². The van der Waals surface area contributed by atoms with Gasteiger partial charge in [0, 0.05) is 34.2 Å². The number of H-pyrrole nitrogens is 1. The number of nitrogens with one attached hydrogen (secondary N) is 1. The fourth-order valence-electron chi connectivity index (χ4n) is 3.14. The maximum Gasteiger partial charge on any atom is 0.0737 e. The number of rotatable bonds is 1. The van der Waals surface area contributed by atoms with Crippen LogP contribution < -0.4 is 0 Å². The molecule has 0 saturated carbocycles. The molecule has 0 spiro atoms. The lowest BCUT2D eigenvalue weighted by atomic mass is 9.97. The van der Waals surface area contributed by atoms with Crippen LogP contribution in [-0.2, 0) is 0 Å². The third-order valence-electron chi connectivity index (χ3n) is 4.06. The topological polar surface area (TPSA) is 28.7 Å². The highest BCUT2D eigenvalue weighted by Gasteiger charge is 2.11. The molecule has 1 N–H and O–H groups in total. The zero-order valence-corrected chi connectivity index (χ0v) is 12.1. The number of nitrogens with zero attached hydrogens (tertiary/aromatic N) is 1. The molecule has 0 aliphatic carbocycles. The van der Waals surface area contributed by atoms with Gasteiger partial charge in [0.1, 0.15) is 0 Å². The molecule has 21 heavy (non-hydrogen) atoms. The summed E-state index contributed by atoms with van der Waals surface area (Å²) in [5.74, 6) is 0. The van der Waals surface area contributed by atoms with Crippen molar-refractivity contribution < 1.29 is 0 Å². The molecule has 0 unspecified atom stereocenters. The minimum Gasteiger partial charge on any atom is -0.361 e. The Morgan fingerprint density at radius 2 is 1.76 bits per heavy atom. The molecule has 0 aliphatic heterocycles. The molecular weight excluding hydrogens is 256 g/mol. The molecule has 0 bridgehead atoms. The average Bonchev–Trinajstić information content (AvgIpc) is 2.90. The molecule has 2 nitrogen and oxygen atoms in total. The van der Waals surface area contributed by atoms with E-state index in [1.54, 1.807) is 0 Å². The van der Waals surface area contributed by atoms with Gasteiger partial charge in [-0.25, -0.2) is 0 Å². The Hall–Kier alpha value is -2.61. The summed E-state index contributed by atoms with van der Waals surface area (Å²) in [6, 6.07) is 14.9. The maximum atomic E-state index is 4.56. The van der Waals surface area contributed by atoms with Gasteiger partial charge in [0.2, 0.25) is 0 Å². The van der Waals surface area contributed by atoms with Gasteiger partial charge in [-0.15, -0.1) is 0 Å². The molecule has 0 fully saturated rings. The summed E-state index contributed by atoms with van der Waals surface area (Å²) in [7, 11) is 0. The number of hydrogen-bond acceptors (Lipinski definition) is 1. The van der Waals surface area contributed by atoms with E-state index >= 15 is 0 Å². The highest BCUT2D eigenvalue weighted by molar-refractivity contribution is 6.04. The minimum atomic E-state index is 1.09. The zero-order chi connectivity index (χ0) is 14.4. The lowest BCUT2D eigenvalue weighted by Gasteiger charge is -2.08. The molecule has 0 amide bonds. The summed E-state index contributed by atoms with van der Waals surface area (Å²) in [5.41, 5.74) is 7.23. The largest absolute Gasteiger partial charge is 0.361 e. The zero-order valence-electron chi connectivity index (χ0n) is 12.1. The fraction of sp³-hybridized carbons (Fsp3) is 0.105. The number of aromatic amines is 1. The van der Waals surface area contributed by atoms with Gasteiger partial charge >= 0.3 is 0 Å². The molecule has 0 aliphatic rings.